The van der Waals surface area contributed by atoms with Crippen LogP contribution in [0.4, 0.5) is 17.3 Å². The number of anilines is 2. The molecule has 26 heavy (non-hydrogen) atoms. The maximum atomic E-state index is 12.2. The summed E-state index contributed by atoms with van der Waals surface area (Å²) < 4.78 is 0. The lowest BCUT2D eigenvalue weighted by Crippen LogP contribution is -2.11. The van der Waals surface area contributed by atoms with E-state index in [1.807, 2.05) is 41.8 Å². The van der Waals surface area contributed by atoms with E-state index in [1.54, 1.807) is 0 Å². The number of aromatic amines is 2. The summed E-state index contributed by atoms with van der Waals surface area (Å²) in [5.41, 5.74) is 1.51. The SMILES string of the molecule is [C-]#[N+]c1c(-c2cccs2)nc(Nc2ccc(-c3ncn[nH]3)cc2)[nH]c1=O. The average molecular weight is 361 g/mol. The smallest absolute Gasteiger partial charge is 0.276 e. The lowest BCUT2D eigenvalue weighted by molar-refractivity contribution is 1.09. The summed E-state index contributed by atoms with van der Waals surface area (Å²) in [6.07, 6.45) is 1.45. The third-order valence-corrected chi connectivity index (χ3v) is 4.47. The summed E-state index contributed by atoms with van der Waals surface area (Å²) in [7, 11) is 0. The van der Waals surface area contributed by atoms with E-state index in [2.05, 4.69) is 35.3 Å². The van der Waals surface area contributed by atoms with Gasteiger partial charge in [-0.15, -0.1) is 11.3 Å². The first-order valence-electron chi connectivity index (χ1n) is 7.53. The number of H-pyrrole nitrogens is 2. The highest BCUT2D eigenvalue weighted by Gasteiger charge is 2.14. The third-order valence-electron chi connectivity index (χ3n) is 3.60. The van der Waals surface area contributed by atoms with Crippen molar-refractivity contribution in [2.24, 2.45) is 0 Å². The average Bonchev–Trinajstić information content (AvgIpc) is 3.36. The predicted octanol–water partition coefficient (Wildman–Crippen LogP) is 3.58. The van der Waals surface area contributed by atoms with Crippen molar-refractivity contribution in [3.63, 3.8) is 0 Å². The zero-order valence-corrected chi connectivity index (χ0v) is 14.0. The van der Waals surface area contributed by atoms with E-state index in [9.17, 15) is 4.79 Å². The maximum absolute atomic E-state index is 12.2. The molecule has 0 aliphatic rings. The molecular weight excluding hydrogens is 350 g/mol. The van der Waals surface area contributed by atoms with Crippen molar-refractivity contribution < 1.29 is 0 Å². The largest absolute Gasteiger partial charge is 0.326 e. The monoisotopic (exact) mass is 361 g/mol. The summed E-state index contributed by atoms with van der Waals surface area (Å²) >= 11 is 1.43. The molecule has 0 unspecified atom stereocenters. The zero-order chi connectivity index (χ0) is 17.9. The van der Waals surface area contributed by atoms with Crippen LogP contribution in [0.15, 0.2) is 52.9 Å². The highest BCUT2D eigenvalue weighted by molar-refractivity contribution is 7.13. The molecule has 3 aromatic heterocycles. The van der Waals surface area contributed by atoms with E-state index in [4.69, 9.17) is 6.57 Å². The molecule has 0 aliphatic carbocycles. The van der Waals surface area contributed by atoms with Crippen LogP contribution >= 0.6 is 11.3 Å². The Labute approximate surface area is 151 Å². The number of hydrogen-bond donors (Lipinski definition) is 3. The standard InChI is InChI=1S/C17H11N7OS/c1-18-14-13(12-3-2-8-26-12)22-17(23-16(14)25)21-11-6-4-10(5-7-11)15-19-9-20-24-15/h2-9H,(H,19,20,24)(H2,21,22,23,25). The number of aromatic nitrogens is 5. The minimum atomic E-state index is -0.473. The Hall–Kier alpha value is -3.77. The second-order valence-corrected chi connectivity index (χ2v) is 6.18. The molecule has 0 saturated carbocycles. The lowest BCUT2D eigenvalue weighted by atomic mass is 10.2. The summed E-state index contributed by atoms with van der Waals surface area (Å²) in [6, 6.07) is 11.1. The Morgan fingerprint density at radius 1 is 1.19 bits per heavy atom. The number of thiophene rings is 1. The number of nitrogens with zero attached hydrogens (tertiary/aromatic N) is 4. The molecular formula is C17H11N7OS. The van der Waals surface area contributed by atoms with Gasteiger partial charge < -0.3 is 10.3 Å². The molecule has 0 amide bonds. The van der Waals surface area contributed by atoms with Crippen LogP contribution in [0.25, 0.3) is 26.8 Å². The van der Waals surface area contributed by atoms with E-state index in [0.717, 1.165) is 16.1 Å². The van der Waals surface area contributed by atoms with E-state index in [-0.39, 0.29) is 11.6 Å². The summed E-state index contributed by atoms with van der Waals surface area (Å²) in [4.78, 5) is 27.4. The van der Waals surface area contributed by atoms with Crippen molar-refractivity contribution in [2.75, 3.05) is 5.32 Å². The fourth-order valence-corrected chi connectivity index (χ4v) is 3.12. The summed E-state index contributed by atoms with van der Waals surface area (Å²) in [5, 5.41) is 11.6. The van der Waals surface area contributed by atoms with E-state index in [1.165, 1.54) is 17.7 Å². The van der Waals surface area contributed by atoms with Crippen LogP contribution in [0.5, 0.6) is 0 Å². The molecule has 1 aromatic carbocycles. The maximum Gasteiger partial charge on any atom is 0.276 e. The second kappa shape index (κ2) is 6.62. The van der Waals surface area contributed by atoms with Crippen LogP contribution in [0.1, 0.15) is 0 Å². The molecule has 4 rings (SSSR count). The Bertz CT molecular complexity index is 1120. The molecule has 9 heteroatoms. The second-order valence-electron chi connectivity index (χ2n) is 5.24. The first kappa shape index (κ1) is 15.7. The zero-order valence-electron chi connectivity index (χ0n) is 13.2. The van der Waals surface area contributed by atoms with Gasteiger partial charge in [0.25, 0.3) is 11.2 Å². The van der Waals surface area contributed by atoms with E-state index >= 15 is 0 Å². The van der Waals surface area contributed by atoms with Gasteiger partial charge >= 0.3 is 0 Å². The number of rotatable bonds is 4. The highest BCUT2D eigenvalue weighted by atomic mass is 32.1. The first-order chi connectivity index (χ1) is 12.7. The summed E-state index contributed by atoms with van der Waals surface area (Å²) in [5.74, 6) is 0.947. The molecule has 0 fully saturated rings. The predicted molar refractivity (Wildman–Crippen MR) is 99.5 cm³/mol. The first-order valence-corrected chi connectivity index (χ1v) is 8.41. The van der Waals surface area contributed by atoms with Crippen molar-refractivity contribution in [1.82, 2.24) is 25.1 Å². The van der Waals surface area contributed by atoms with Gasteiger partial charge in [-0.3, -0.25) is 9.89 Å². The van der Waals surface area contributed by atoms with Gasteiger partial charge in [0.1, 0.15) is 6.33 Å². The van der Waals surface area contributed by atoms with Crippen molar-refractivity contribution >= 4 is 28.7 Å². The normalized spacial score (nSPS) is 10.4. The Kier molecular flexibility index (Phi) is 4.01. The Balaban J connectivity index is 1.67. The van der Waals surface area contributed by atoms with Gasteiger partial charge in [-0.25, -0.2) is 14.8 Å². The van der Waals surface area contributed by atoms with Gasteiger partial charge in [0, 0.05) is 16.1 Å². The molecule has 3 heterocycles. The molecule has 0 spiro atoms. The molecule has 0 bridgehead atoms. The van der Waals surface area contributed by atoms with Crippen molar-refractivity contribution in [3.8, 4) is 22.0 Å². The van der Waals surface area contributed by atoms with Gasteiger partial charge in [0.2, 0.25) is 5.95 Å². The molecule has 126 valence electrons. The van der Waals surface area contributed by atoms with Gasteiger partial charge in [-0.2, -0.15) is 5.10 Å². The fourth-order valence-electron chi connectivity index (χ4n) is 2.41. The molecule has 3 N–H and O–H groups in total. The quantitative estimate of drug-likeness (QED) is 0.482. The third kappa shape index (κ3) is 2.97. The van der Waals surface area contributed by atoms with Crippen molar-refractivity contribution in [1.29, 1.82) is 0 Å². The summed E-state index contributed by atoms with van der Waals surface area (Å²) in [6.45, 7) is 7.25. The van der Waals surface area contributed by atoms with Gasteiger partial charge in [0.05, 0.1) is 12.3 Å². The molecule has 0 aliphatic heterocycles. The molecule has 8 nitrogen and oxygen atoms in total. The molecule has 0 saturated heterocycles. The minimum Gasteiger partial charge on any atom is -0.326 e. The number of benzene rings is 1. The van der Waals surface area contributed by atoms with Gasteiger partial charge in [-0.1, -0.05) is 6.07 Å². The number of hydrogen-bond acceptors (Lipinski definition) is 6. The highest BCUT2D eigenvalue weighted by Crippen LogP contribution is 2.30. The van der Waals surface area contributed by atoms with Crippen LogP contribution in [-0.4, -0.2) is 25.1 Å². The minimum absolute atomic E-state index is 0.0151. The van der Waals surface area contributed by atoms with Crippen LogP contribution in [0, 0.1) is 6.57 Å². The van der Waals surface area contributed by atoms with Crippen molar-refractivity contribution in [3.05, 3.63) is 69.9 Å². The van der Waals surface area contributed by atoms with Crippen LogP contribution in [0.3, 0.4) is 0 Å². The molecule has 0 radical (unpaired) electrons. The van der Waals surface area contributed by atoms with Crippen LogP contribution < -0.4 is 10.9 Å². The van der Waals surface area contributed by atoms with Gasteiger partial charge in [0.15, 0.2) is 5.82 Å². The Morgan fingerprint density at radius 3 is 2.69 bits per heavy atom. The Morgan fingerprint density at radius 2 is 2.04 bits per heavy atom. The van der Waals surface area contributed by atoms with E-state index in [0.29, 0.717) is 11.5 Å². The fraction of sp³-hybridized carbons (Fsp3) is 0. The number of nitrogens with one attached hydrogen (secondary N) is 3. The van der Waals surface area contributed by atoms with Crippen LogP contribution in [0.2, 0.25) is 0 Å². The van der Waals surface area contributed by atoms with Crippen LogP contribution in [-0.2, 0) is 0 Å². The van der Waals surface area contributed by atoms with E-state index < -0.39 is 5.56 Å². The topological polar surface area (TPSA) is 104 Å². The lowest BCUT2D eigenvalue weighted by Gasteiger charge is -2.08. The van der Waals surface area contributed by atoms with Gasteiger partial charge in [-0.05, 0) is 35.7 Å². The molecule has 4 aromatic rings. The van der Waals surface area contributed by atoms with Crippen molar-refractivity contribution in [2.45, 2.75) is 0 Å². The molecule has 0 atom stereocenters.